The van der Waals surface area contributed by atoms with Gasteiger partial charge in [0.05, 0.1) is 0 Å². The summed E-state index contributed by atoms with van der Waals surface area (Å²) in [5, 5.41) is 0. The summed E-state index contributed by atoms with van der Waals surface area (Å²) in [6.45, 7) is 4.03. The highest BCUT2D eigenvalue weighted by molar-refractivity contribution is 7.98. The fourth-order valence-electron chi connectivity index (χ4n) is 1.89. The first-order valence-electron chi connectivity index (χ1n) is 5.88. The third-order valence-corrected chi connectivity index (χ3v) is 3.95. The molecule has 2 aromatic rings. The Bertz CT molecular complexity index is 570. The van der Waals surface area contributed by atoms with E-state index < -0.39 is 0 Å². The molecule has 0 radical (unpaired) electrons. The largest absolute Gasteiger partial charge is 0.289 e. The molecule has 0 aliphatic heterocycles. The molecule has 92 valence electrons. The standard InChI is InChI=1S/C16H16OS/c1-11-5-4-6-15(12(11)2)16(17)13-7-9-14(18-3)10-8-13/h4-10H,1-3H3. The van der Waals surface area contributed by atoms with Crippen LogP contribution in [0.4, 0.5) is 0 Å². The van der Waals surface area contributed by atoms with Crippen LogP contribution in [0.3, 0.4) is 0 Å². The summed E-state index contributed by atoms with van der Waals surface area (Å²) in [4.78, 5) is 13.6. The summed E-state index contributed by atoms with van der Waals surface area (Å²) < 4.78 is 0. The predicted molar refractivity (Wildman–Crippen MR) is 77.6 cm³/mol. The van der Waals surface area contributed by atoms with Gasteiger partial charge in [-0.1, -0.05) is 18.2 Å². The second kappa shape index (κ2) is 5.40. The van der Waals surface area contributed by atoms with Crippen LogP contribution >= 0.6 is 11.8 Å². The van der Waals surface area contributed by atoms with Crippen LogP contribution in [-0.2, 0) is 0 Å². The van der Waals surface area contributed by atoms with Crippen molar-refractivity contribution in [2.45, 2.75) is 18.7 Å². The molecule has 0 N–H and O–H groups in total. The molecule has 0 aromatic heterocycles. The molecule has 0 saturated carbocycles. The van der Waals surface area contributed by atoms with Gasteiger partial charge in [0.25, 0.3) is 0 Å². The third kappa shape index (κ3) is 2.49. The molecular formula is C16H16OS. The molecule has 0 heterocycles. The average Bonchev–Trinajstić information content (AvgIpc) is 2.41. The van der Waals surface area contributed by atoms with E-state index in [1.165, 1.54) is 4.90 Å². The topological polar surface area (TPSA) is 17.1 Å². The summed E-state index contributed by atoms with van der Waals surface area (Å²) in [6.07, 6.45) is 2.03. The number of aryl methyl sites for hydroxylation is 1. The quantitative estimate of drug-likeness (QED) is 0.603. The molecule has 2 rings (SSSR count). The number of thioether (sulfide) groups is 1. The molecule has 0 saturated heterocycles. The molecule has 0 bridgehead atoms. The molecule has 0 unspecified atom stereocenters. The number of carbonyl (C=O) groups excluding carboxylic acids is 1. The second-order valence-electron chi connectivity index (χ2n) is 4.31. The molecular weight excluding hydrogens is 240 g/mol. The Hall–Kier alpha value is -1.54. The van der Waals surface area contributed by atoms with E-state index in [4.69, 9.17) is 0 Å². The van der Waals surface area contributed by atoms with Crippen molar-refractivity contribution in [1.82, 2.24) is 0 Å². The first-order chi connectivity index (χ1) is 8.63. The number of ketones is 1. The van der Waals surface area contributed by atoms with E-state index in [0.717, 1.165) is 22.3 Å². The maximum Gasteiger partial charge on any atom is 0.193 e. The zero-order chi connectivity index (χ0) is 13.1. The molecule has 0 spiro atoms. The lowest BCUT2D eigenvalue weighted by Crippen LogP contribution is -2.04. The minimum atomic E-state index is 0.101. The Kier molecular flexibility index (Phi) is 3.87. The van der Waals surface area contributed by atoms with Crippen LogP contribution in [0.2, 0.25) is 0 Å². The minimum absolute atomic E-state index is 0.101. The van der Waals surface area contributed by atoms with Crippen molar-refractivity contribution < 1.29 is 4.79 Å². The van der Waals surface area contributed by atoms with Crippen molar-refractivity contribution in [3.8, 4) is 0 Å². The van der Waals surface area contributed by atoms with Crippen LogP contribution in [0, 0.1) is 13.8 Å². The van der Waals surface area contributed by atoms with Crippen LogP contribution in [-0.4, -0.2) is 12.0 Å². The van der Waals surface area contributed by atoms with Crippen molar-refractivity contribution in [2.75, 3.05) is 6.26 Å². The molecule has 18 heavy (non-hydrogen) atoms. The molecule has 2 heteroatoms. The van der Waals surface area contributed by atoms with Gasteiger partial charge < -0.3 is 0 Å². The van der Waals surface area contributed by atoms with E-state index in [-0.39, 0.29) is 5.78 Å². The summed E-state index contributed by atoms with van der Waals surface area (Å²) in [5.41, 5.74) is 3.77. The first kappa shape index (κ1) is 12.9. The molecule has 0 aliphatic rings. The SMILES string of the molecule is CSc1ccc(C(=O)c2cccc(C)c2C)cc1. The Balaban J connectivity index is 2.38. The Morgan fingerprint density at radius 3 is 2.28 bits per heavy atom. The summed E-state index contributed by atoms with van der Waals surface area (Å²) >= 11 is 1.68. The Morgan fingerprint density at radius 2 is 1.67 bits per heavy atom. The van der Waals surface area contributed by atoms with Crippen molar-refractivity contribution in [3.63, 3.8) is 0 Å². The van der Waals surface area contributed by atoms with E-state index >= 15 is 0 Å². The van der Waals surface area contributed by atoms with Crippen LogP contribution < -0.4 is 0 Å². The number of hydrogen-bond acceptors (Lipinski definition) is 2. The molecule has 0 atom stereocenters. The van der Waals surface area contributed by atoms with E-state index in [9.17, 15) is 4.79 Å². The zero-order valence-corrected chi connectivity index (χ0v) is 11.7. The van der Waals surface area contributed by atoms with Gasteiger partial charge in [0.2, 0.25) is 0 Å². The number of rotatable bonds is 3. The molecule has 0 aliphatic carbocycles. The van der Waals surface area contributed by atoms with E-state index in [2.05, 4.69) is 0 Å². The van der Waals surface area contributed by atoms with Gasteiger partial charge in [0, 0.05) is 16.0 Å². The van der Waals surface area contributed by atoms with Gasteiger partial charge in [-0.25, -0.2) is 0 Å². The van der Waals surface area contributed by atoms with Crippen molar-refractivity contribution in [2.24, 2.45) is 0 Å². The van der Waals surface area contributed by atoms with Gasteiger partial charge in [0.15, 0.2) is 5.78 Å². The zero-order valence-electron chi connectivity index (χ0n) is 10.9. The van der Waals surface area contributed by atoms with E-state index in [0.29, 0.717) is 0 Å². The fourth-order valence-corrected chi connectivity index (χ4v) is 2.30. The maximum absolute atomic E-state index is 12.4. The summed E-state index contributed by atoms with van der Waals surface area (Å²) in [5.74, 6) is 0.101. The van der Waals surface area contributed by atoms with Gasteiger partial charge in [0.1, 0.15) is 0 Å². The van der Waals surface area contributed by atoms with Crippen LogP contribution in [0.15, 0.2) is 47.4 Å². The predicted octanol–water partition coefficient (Wildman–Crippen LogP) is 4.26. The van der Waals surface area contributed by atoms with Gasteiger partial charge in [-0.15, -0.1) is 11.8 Å². The Labute approximate surface area is 112 Å². The minimum Gasteiger partial charge on any atom is -0.289 e. The second-order valence-corrected chi connectivity index (χ2v) is 5.18. The number of carbonyl (C=O) groups is 1. The lowest BCUT2D eigenvalue weighted by Gasteiger charge is -2.08. The van der Waals surface area contributed by atoms with E-state index in [1.54, 1.807) is 11.8 Å². The van der Waals surface area contributed by atoms with Crippen molar-refractivity contribution >= 4 is 17.5 Å². The van der Waals surface area contributed by atoms with Crippen LogP contribution in [0.1, 0.15) is 27.0 Å². The highest BCUT2D eigenvalue weighted by Crippen LogP contribution is 2.20. The maximum atomic E-state index is 12.4. The molecule has 0 amide bonds. The third-order valence-electron chi connectivity index (χ3n) is 3.20. The molecule has 0 fully saturated rings. The first-order valence-corrected chi connectivity index (χ1v) is 7.11. The van der Waals surface area contributed by atoms with Gasteiger partial charge in [-0.05, 0) is 55.5 Å². The monoisotopic (exact) mass is 256 g/mol. The van der Waals surface area contributed by atoms with Crippen LogP contribution in [0.25, 0.3) is 0 Å². The fraction of sp³-hybridized carbons (Fsp3) is 0.188. The summed E-state index contributed by atoms with van der Waals surface area (Å²) in [7, 11) is 0. The highest BCUT2D eigenvalue weighted by atomic mass is 32.2. The summed E-state index contributed by atoms with van der Waals surface area (Å²) in [6, 6.07) is 13.6. The van der Waals surface area contributed by atoms with Gasteiger partial charge in [-0.2, -0.15) is 0 Å². The van der Waals surface area contributed by atoms with Crippen molar-refractivity contribution in [3.05, 3.63) is 64.7 Å². The smallest absolute Gasteiger partial charge is 0.193 e. The van der Waals surface area contributed by atoms with Crippen LogP contribution in [0.5, 0.6) is 0 Å². The van der Waals surface area contributed by atoms with Gasteiger partial charge in [-0.3, -0.25) is 4.79 Å². The Morgan fingerprint density at radius 1 is 1.00 bits per heavy atom. The highest BCUT2D eigenvalue weighted by Gasteiger charge is 2.12. The normalized spacial score (nSPS) is 10.4. The average molecular weight is 256 g/mol. The van der Waals surface area contributed by atoms with Crippen molar-refractivity contribution in [1.29, 1.82) is 0 Å². The lowest BCUT2D eigenvalue weighted by atomic mass is 9.96. The molecule has 1 nitrogen and oxygen atoms in total. The van der Waals surface area contributed by atoms with Gasteiger partial charge >= 0.3 is 0 Å². The van der Waals surface area contributed by atoms with E-state index in [1.807, 2.05) is 62.6 Å². The number of benzene rings is 2. The molecule has 2 aromatic carbocycles. The lowest BCUT2D eigenvalue weighted by molar-refractivity contribution is 0.103. The number of hydrogen-bond donors (Lipinski definition) is 0.